The highest BCUT2D eigenvalue weighted by Gasteiger charge is 2.51. The minimum Gasteiger partial charge on any atom is -0.463 e. The van der Waals surface area contributed by atoms with Crippen molar-refractivity contribution in [2.45, 2.75) is 25.0 Å². The van der Waals surface area contributed by atoms with E-state index in [2.05, 4.69) is 15.4 Å². The van der Waals surface area contributed by atoms with Crippen LogP contribution in [0.25, 0.3) is 11.1 Å². The van der Waals surface area contributed by atoms with Crippen molar-refractivity contribution >= 4 is 5.97 Å². The van der Waals surface area contributed by atoms with Gasteiger partial charge in [0.2, 0.25) is 5.66 Å². The van der Waals surface area contributed by atoms with Gasteiger partial charge < -0.3 is 9.47 Å². The molecular weight excluding hydrogens is 471 g/mol. The highest BCUT2D eigenvalue weighted by molar-refractivity contribution is 5.83. The van der Waals surface area contributed by atoms with Crippen molar-refractivity contribution in [3.63, 3.8) is 0 Å². The second-order valence-corrected chi connectivity index (χ2v) is 7.84. The molecule has 2 atom stereocenters. The van der Waals surface area contributed by atoms with Crippen LogP contribution in [0, 0.1) is 11.6 Å². The van der Waals surface area contributed by atoms with Crippen molar-refractivity contribution in [1.29, 1.82) is 0 Å². The van der Waals surface area contributed by atoms with Crippen LogP contribution in [0.15, 0.2) is 66.7 Å². The van der Waals surface area contributed by atoms with Crippen LogP contribution in [0.4, 0.5) is 22.0 Å². The van der Waals surface area contributed by atoms with Gasteiger partial charge in [-0.3, -0.25) is 10.6 Å². The Morgan fingerprint density at radius 1 is 0.971 bits per heavy atom. The third-order valence-corrected chi connectivity index (χ3v) is 5.62. The van der Waals surface area contributed by atoms with Gasteiger partial charge in [-0.2, -0.15) is 0 Å². The fourth-order valence-electron chi connectivity index (χ4n) is 4.07. The molecule has 5 nitrogen and oxygen atoms in total. The van der Waals surface area contributed by atoms with E-state index < -0.39 is 41.2 Å². The standard InChI is InChI=1S/C25H21F5N2O3/c1-2-34-23(33)24(22-19(26)4-3-5-20(22)27)31-14-21(32-24)17-8-6-15(7-9-17)16-10-12-18(13-11-16)35-25(28,29)30/h3-13,21,31-32H,2,14H2,1H3. The fraction of sp³-hybridized carbons (Fsp3) is 0.240. The second-order valence-electron chi connectivity index (χ2n) is 7.84. The van der Waals surface area contributed by atoms with E-state index in [-0.39, 0.29) is 18.9 Å². The summed E-state index contributed by atoms with van der Waals surface area (Å²) >= 11 is 0. The number of hydrogen-bond acceptors (Lipinski definition) is 5. The summed E-state index contributed by atoms with van der Waals surface area (Å²) in [6.45, 7) is 1.79. The van der Waals surface area contributed by atoms with Gasteiger partial charge in [0.25, 0.3) is 0 Å². The maximum absolute atomic E-state index is 14.6. The van der Waals surface area contributed by atoms with Crippen LogP contribution >= 0.6 is 0 Å². The molecule has 0 bridgehead atoms. The molecule has 1 saturated heterocycles. The normalized spacial score (nSPS) is 20.0. The fourth-order valence-corrected chi connectivity index (χ4v) is 4.07. The molecule has 0 amide bonds. The molecular formula is C25H21F5N2O3. The minimum absolute atomic E-state index is 0.0200. The number of carbonyl (C=O) groups excluding carboxylic acids is 1. The van der Waals surface area contributed by atoms with E-state index in [1.54, 1.807) is 31.2 Å². The SMILES string of the molecule is CCOC(=O)C1(c2c(F)cccc2F)NCC(c2ccc(-c3ccc(OC(F)(F)F)cc3)cc2)N1. The summed E-state index contributed by atoms with van der Waals surface area (Å²) in [5.41, 5.74) is -0.267. The van der Waals surface area contributed by atoms with E-state index >= 15 is 0 Å². The predicted molar refractivity (Wildman–Crippen MR) is 117 cm³/mol. The van der Waals surface area contributed by atoms with E-state index in [9.17, 15) is 26.7 Å². The van der Waals surface area contributed by atoms with E-state index in [4.69, 9.17) is 4.74 Å². The van der Waals surface area contributed by atoms with Gasteiger partial charge >= 0.3 is 12.3 Å². The number of esters is 1. The lowest BCUT2D eigenvalue weighted by Gasteiger charge is -2.29. The molecule has 0 aliphatic carbocycles. The van der Waals surface area contributed by atoms with Gasteiger partial charge in [0.15, 0.2) is 0 Å². The van der Waals surface area contributed by atoms with Crippen molar-refractivity contribution in [3.8, 4) is 16.9 Å². The number of rotatable bonds is 6. The number of benzene rings is 3. The van der Waals surface area contributed by atoms with E-state index in [1.165, 1.54) is 30.3 Å². The van der Waals surface area contributed by atoms with Crippen LogP contribution in [0.2, 0.25) is 0 Å². The molecule has 2 unspecified atom stereocenters. The average Bonchev–Trinajstić information content (AvgIpc) is 3.25. The van der Waals surface area contributed by atoms with Gasteiger partial charge in [0.05, 0.1) is 12.2 Å². The molecule has 4 rings (SSSR count). The first-order valence-electron chi connectivity index (χ1n) is 10.7. The number of halogens is 5. The van der Waals surface area contributed by atoms with Gasteiger partial charge in [-0.05, 0) is 47.9 Å². The zero-order valence-corrected chi connectivity index (χ0v) is 18.5. The summed E-state index contributed by atoms with van der Waals surface area (Å²) in [5.74, 6) is -2.97. The van der Waals surface area contributed by atoms with Crippen LogP contribution in [0.5, 0.6) is 5.75 Å². The number of nitrogens with one attached hydrogen (secondary N) is 2. The van der Waals surface area contributed by atoms with Gasteiger partial charge in [0.1, 0.15) is 17.4 Å². The summed E-state index contributed by atoms with van der Waals surface area (Å²) in [5, 5.41) is 5.90. The van der Waals surface area contributed by atoms with Gasteiger partial charge in [0, 0.05) is 12.6 Å². The molecule has 184 valence electrons. The predicted octanol–water partition coefficient (Wildman–Crippen LogP) is 5.18. The summed E-state index contributed by atoms with van der Waals surface area (Å²) in [6, 6.07) is 15.3. The van der Waals surface area contributed by atoms with Crippen molar-refractivity contribution < 1.29 is 36.2 Å². The Balaban J connectivity index is 1.57. The number of alkyl halides is 3. The average molecular weight is 492 g/mol. The molecule has 1 aliphatic rings. The van der Waals surface area contributed by atoms with E-state index in [0.29, 0.717) is 5.56 Å². The molecule has 0 aromatic heterocycles. The lowest BCUT2D eigenvalue weighted by atomic mass is 9.97. The number of hydrogen-bond donors (Lipinski definition) is 2. The number of carbonyl (C=O) groups is 1. The van der Waals surface area contributed by atoms with Crippen molar-refractivity contribution in [3.05, 3.63) is 89.5 Å². The summed E-state index contributed by atoms with van der Waals surface area (Å²) in [6.07, 6.45) is -4.77. The Morgan fingerprint density at radius 2 is 1.54 bits per heavy atom. The first kappa shape index (κ1) is 24.6. The third-order valence-electron chi connectivity index (χ3n) is 5.62. The van der Waals surface area contributed by atoms with Crippen LogP contribution in [0.1, 0.15) is 24.1 Å². The largest absolute Gasteiger partial charge is 0.573 e. The molecule has 3 aromatic carbocycles. The van der Waals surface area contributed by atoms with Crippen LogP contribution < -0.4 is 15.4 Å². The summed E-state index contributed by atoms with van der Waals surface area (Å²) in [7, 11) is 0. The van der Waals surface area contributed by atoms with Gasteiger partial charge in [-0.1, -0.05) is 42.5 Å². The number of ether oxygens (including phenoxy) is 2. The Labute approximate surface area is 197 Å². The Hall–Kier alpha value is -3.50. The molecule has 0 radical (unpaired) electrons. The van der Waals surface area contributed by atoms with E-state index in [0.717, 1.165) is 23.3 Å². The molecule has 1 fully saturated rings. The molecule has 2 N–H and O–H groups in total. The topological polar surface area (TPSA) is 59.6 Å². The third kappa shape index (κ3) is 5.13. The maximum atomic E-state index is 14.6. The van der Waals surface area contributed by atoms with Crippen molar-refractivity contribution in [2.24, 2.45) is 0 Å². The lowest BCUT2D eigenvalue weighted by Crippen LogP contribution is -2.55. The van der Waals surface area contributed by atoms with Gasteiger partial charge in [-0.25, -0.2) is 13.6 Å². The highest BCUT2D eigenvalue weighted by Crippen LogP contribution is 2.34. The highest BCUT2D eigenvalue weighted by atomic mass is 19.4. The summed E-state index contributed by atoms with van der Waals surface area (Å²) < 4.78 is 75.3. The second kappa shape index (κ2) is 9.63. The monoisotopic (exact) mass is 492 g/mol. The van der Waals surface area contributed by atoms with E-state index in [1.807, 2.05) is 0 Å². The molecule has 3 aromatic rings. The van der Waals surface area contributed by atoms with Crippen molar-refractivity contribution in [2.75, 3.05) is 13.2 Å². The molecule has 10 heteroatoms. The smallest absolute Gasteiger partial charge is 0.463 e. The van der Waals surface area contributed by atoms with Crippen molar-refractivity contribution in [1.82, 2.24) is 10.6 Å². The zero-order chi connectivity index (χ0) is 25.2. The summed E-state index contributed by atoms with van der Waals surface area (Å²) in [4.78, 5) is 12.8. The minimum atomic E-state index is -4.77. The Kier molecular flexibility index (Phi) is 6.77. The molecule has 1 heterocycles. The van der Waals surface area contributed by atoms with Crippen LogP contribution in [-0.2, 0) is 15.2 Å². The first-order chi connectivity index (χ1) is 16.6. The quantitative estimate of drug-likeness (QED) is 0.367. The Bertz CT molecular complexity index is 1180. The first-order valence-corrected chi connectivity index (χ1v) is 10.7. The van der Waals surface area contributed by atoms with Crippen LogP contribution in [-0.4, -0.2) is 25.5 Å². The van der Waals surface area contributed by atoms with Gasteiger partial charge in [-0.15, -0.1) is 13.2 Å². The zero-order valence-electron chi connectivity index (χ0n) is 18.5. The molecule has 0 saturated carbocycles. The maximum Gasteiger partial charge on any atom is 0.573 e. The Morgan fingerprint density at radius 3 is 2.09 bits per heavy atom. The lowest BCUT2D eigenvalue weighted by molar-refractivity contribution is -0.274. The van der Waals surface area contributed by atoms with Crippen LogP contribution in [0.3, 0.4) is 0 Å². The molecule has 1 aliphatic heterocycles. The molecule has 0 spiro atoms. The molecule has 35 heavy (non-hydrogen) atoms.